The summed E-state index contributed by atoms with van der Waals surface area (Å²) in [7, 11) is 0. The van der Waals surface area contributed by atoms with Crippen LogP contribution >= 0.6 is 0 Å². The van der Waals surface area contributed by atoms with Crippen molar-refractivity contribution in [2.75, 3.05) is 13.1 Å². The molecule has 1 fully saturated rings. The molecule has 0 radical (unpaired) electrons. The summed E-state index contributed by atoms with van der Waals surface area (Å²) in [5.41, 5.74) is 0.179. The molecule has 0 aromatic carbocycles. The van der Waals surface area contributed by atoms with E-state index in [0.717, 1.165) is 32.0 Å². The number of aliphatic hydroxyl groups excluding tert-OH is 1. The fraction of sp³-hybridized carbons (Fsp3) is 0.600. The lowest BCUT2D eigenvalue weighted by atomic mass is 10.1. The van der Waals surface area contributed by atoms with Crippen molar-refractivity contribution in [1.29, 1.82) is 0 Å². The van der Waals surface area contributed by atoms with E-state index < -0.39 is 11.4 Å². The van der Waals surface area contributed by atoms with Gasteiger partial charge in [-0.1, -0.05) is 6.42 Å². The van der Waals surface area contributed by atoms with Crippen LogP contribution < -0.4 is 5.43 Å². The van der Waals surface area contributed by atoms with Gasteiger partial charge in [-0.25, -0.2) is 0 Å². The maximum absolute atomic E-state index is 11.8. The third-order valence-electron chi connectivity index (χ3n) is 4.01. The summed E-state index contributed by atoms with van der Waals surface area (Å²) in [5.74, 6) is -1.32. The van der Waals surface area contributed by atoms with Crippen LogP contribution in [0.2, 0.25) is 0 Å². The van der Waals surface area contributed by atoms with Crippen LogP contribution in [0.5, 0.6) is 5.75 Å². The molecule has 1 aliphatic rings. The van der Waals surface area contributed by atoms with Gasteiger partial charge in [-0.15, -0.1) is 0 Å². The number of aliphatic hydroxyl groups is 1. The number of hydrogen-bond acceptors (Lipinski definition) is 5. The molecule has 122 valence electrons. The first-order valence-corrected chi connectivity index (χ1v) is 7.52. The summed E-state index contributed by atoms with van der Waals surface area (Å²) in [6.07, 6.45) is 3.17. The van der Waals surface area contributed by atoms with Gasteiger partial charge in [0, 0.05) is 24.8 Å². The third kappa shape index (κ3) is 3.86. The number of aliphatic carboxylic acids is 1. The minimum Gasteiger partial charge on any atom is -0.503 e. The smallest absolute Gasteiger partial charge is 0.305 e. The average Bonchev–Trinajstić information content (AvgIpc) is 2.51. The van der Waals surface area contributed by atoms with E-state index in [1.165, 1.54) is 6.42 Å². The first-order chi connectivity index (χ1) is 10.5. The lowest BCUT2D eigenvalue weighted by Gasteiger charge is -2.28. The maximum atomic E-state index is 11.8. The number of rotatable bonds is 6. The van der Waals surface area contributed by atoms with Gasteiger partial charge < -0.3 is 19.9 Å². The Balaban J connectivity index is 2.35. The molecule has 7 nitrogen and oxygen atoms in total. The highest BCUT2D eigenvalue weighted by Gasteiger charge is 2.19. The number of likely N-dealkylation sites (tertiary alicyclic amines) is 1. The molecule has 1 saturated heterocycles. The minimum atomic E-state index is -0.967. The molecule has 3 N–H and O–H groups in total. The van der Waals surface area contributed by atoms with Crippen LogP contribution in [0.25, 0.3) is 0 Å². The molecular weight excluding hydrogens is 288 g/mol. The van der Waals surface area contributed by atoms with Crippen molar-refractivity contribution < 1.29 is 20.1 Å². The summed E-state index contributed by atoms with van der Waals surface area (Å²) in [6, 6.07) is 1.16. The first kappa shape index (κ1) is 16.5. The summed E-state index contributed by atoms with van der Waals surface area (Å²) >= 11 is 0. The van der Waals surface area contributed by atoms with Gasteiger partial charge in [-0.3, -0.25) is 14.5 Å². The second-order valence-corrected chi connectivity index (χ2v) is 5.59. The van der Waals surface area contributed by atoms with E-state index in [0.29, 0.717) is 17.9 Å². The van der Waals surface area contributed by atoms with E-state index in [-0.39, 0.29) is 25.3 Å². The molecule has 0 saturated carbocycles. The lowest BCUT2D eigenvalue weighted by Crippen LogP contribution is -2.32. The van der Waals surface area contributed by atoms with Crippen molar-refractivity contribution >= 4 is 5.97 Å². The van der Waals surface area contributed by atoms with E-state index in [2.05, 4.69) is 4.90 Å². The number of carboxylic acids is 1. The van der Waals surface area contributed by atoms with Gasteiger partial charge >= 0.3 is 5.97 Å². The van der Waals surface area contributed by atoms with Gasteiger partial charge in [0.05, 0.1) is 18.7 Å². The van der Waals surface area contributed by atoms with Gasteiger partial charge in [-0.2, -0.15) is 0 Å². The van der Waals surface area contributed by atoms with Crippen LogP contribution in [0.4, 0.5) is 0 Å². The number of hydrogen-bond donors (Lipinski definition) is 3. The highest BCUT2D eigenvalue weighted by atomic mass is 16.4. The molecule has 2 heterocycles. The van der Waals surface area contributed by atoms with Crippen LogP contribution in [-0.4, -0.2) is 43.8 Å². The van der Waals surface area contributed by atoms with Crippen molar-refractivity contribution in [2.45, 2.75) is 45.4 Å². The summed E-state index contributed by atoms with van der Waals surface area (Å²) in [5, 5.41) is 28.4. The molecule has 7 heteroatoms. The van der Waals surface area contributed by atoms with Crippen LogP contribution in [-0.2, 0) is 24.5 Å². The number of pyridine rings is 1. The minimum absolute atomic E-state index is 0.113. The van der Waals surface area contributed by atoms with E-state index in [1.54, 1.807) is 4.57 Å². The molecule has 0 amide bonds. The molecule has 0 spiro atoms. The zero-order valence-corrected chi connectivity index (χ0v) is 12.5. The maximum Gasteiger partial charge on any atom is 0.305 e. The Labute approximate surface area is 128 Å². The summed E-state index contributed by atoms with van der Waals surface area (Å²) in [4.78, 5) is 24.8. The number of aromatic nitrogens is 1. The van der Waals surface area contributed by atoms with Gasteiger partial charge in [0.25, 0.3) is 0 Å². The van der Waals surface area contributed by atoms with Crippen LogP contribution in [0.3, 0.4) is 0 Å². The van der Waals surface area contributed by atoms with E-state index in [9.17, 15) is 19.8 Å². The summed E-state index contributed by atoms with van der Waals surface area (Å²) < 4.78 is 1.56. The molecule has 1 aliphatic heterocycles. The van der Waals surface area contributed by atoms with Crippen LogP contribution in [0, 0.1) is 0 Å². The summed E-state index contributed by atoms with van der Waals surface area (Å²) in [6.45, 7) is 1.89. The van der Waals surface area contributed by atoms with Crippen molar-refractivity contribution in [3.05, 3.63) is 27.7 Å². The fourth-order valence-corrected chi connectivity index (χ4v) is 2.85. The van der Waals surface area contributed by atoms with E-state index >= 15 is 0 Å². The number of piperidine rings is 1. The molecule has 0 unspecified atom stereocenters. The van der Waals surface area contributed by atoms with Crippen molar-refractivity contribution in [1.82, 2.24) is 9.47 Å². The van der Waals surface area contributed by atoms with E-state index in [1.807, 2.05) is 0 Å². The lowest BCUT2D eigenvalue weighted by molar-refractivity contribution is -0.137. The molecule has 1 aromatic rings. The number of aromatic hydroxyl groups is 1. The second kappa shape index (κ2) is 7.42. The first-order valence-electron chi connectivity index (χ1n) is 7.52. The number of nitrogens with zero attached hydrogens (tertiary/aromatic N) is 2. The highest BCUT2D eigenvalue weighted by Crippen LogP contribution is 2.20. The quantitative estimate of drug-likeness (QED) is 0.707. The molecule has 0 aliphatic carbocycles. The molecule has 22 heavy (non-hydrogen) atoms. The van der Waals surface area contributed by atoms with Crippen molar-refractivity contribution in [2.24, 2.45) is 0 Å². The second-order valence-electron chi connectivity index (χ2n) is 5.59. The van der Waals surface area contributed by atoms with E-state index in [4.69, 9.17) is 5.11 Å². The van der Waals surface area contributed by atoms with Crippen LogP contribution in [0.1, 0.15) is 37.1 Å². The zero-order chi connectivity index (χ0) is 16.1. The van der Waals surface area contributed by atoms with Gasteiger partial charge in [0.15, 0.2) is 5.75 Å². The van der Waals surface area contributed by atoms with Crippen molar-refractivity contribution in [3.63, 3.8) is 0 Å². The Morgan fingerprint density at radius 1 is 1.23 bits per heavy atom. The average molecular weight is 310 g/mol. The molecular formula is C15H22N2O5. The van der Waals surface area contributed by atoms with Gasteiger partial charge in [0.2, 0.25) is 5.43 Å². The third-order valence-corrected chi connectivity index (χ3v) is 4.01. The Hall–Kier alpha value is -1.86. The molecule has 1 aromatic heterocycles. The van der Waals surface area contributed by atoms with Crippen molar-refractivity contribution in [3.8, 4) is 5.75 Å². The fourth-order valence-electron chi connectivity index (χ4n) is 2.85. The Morgan fingerprint density at radius 3 is 2.50 bits per heavy atom. The topological polar surface area (TPSA) is 103 Å². The molecule has 0 bridgehead atoms. The monoisotopic (exact) mass is 310 g/mol. The zero-order valence-electron chi connectivity index (χ0n) is 12.5. The molecule has 0 atom stereocenters. The SMILES string of the molecule is O=C(O)CCn1c(CO)cc(=O)c(O)c1CN1CCCCC1. The predicted octanol–water partition coefficient (Wildman–Crippen LogP) is 0.507. The Morgan fingerprint density at radius 2 is 1.91 bits per heavy atom. The Kier molecular flexibility index (Phi) is 5.57. The largest absolute Gasteiger partial charge is 0.503 e. The highest BCUT2D eigenvalue weighted by molar-refractivity contribution is 5.66. The molecule has 2 rings (SSSR count). The predicted molar refractivity (Wildman–Crippen MR) is 79.7 cm³/mol. The Bertz CT molecular complexity index is 590. The normalized spacial score (nSPS) is 15.9. The standard InChI is InChI=1S/C15H22N2O5/c18-10-11-8-13(19)15(22)12(17(11)7-4-14(20)21)9-16-5-2-1-3-6-16/h8,18,22H,1-7,9-10H2,(H,20,21). The van der Waals surface area contributed by atoms with Gasteiger partial charge in [-0.05, 0) is 25.9 Å². The number of carbonyl (C=O) groups is 1. The van der Waals surface area contributed by atoms with Gasteiger partial charge in [0.1, 0.15) is 0 Å². The number of carboxylic acid groups (broad SMARTS) is 1. The van der Waals surface area contributed by atoms with Crippen LogP contribution in [0.15, 0.2) is 10.9 Å².